The zero-order valence-corrected chi connectivity index (χ0v) is 12.0. The highest BCUT2D eigenvalue weighted by Gasteiger charge is 2.11. The van der Waals surface area contributed by atoms with Crippen LogP contribution in [0.5, 0.6) is 0 Å². The molecule has 108 valence electrons. The van der Waals surface area contributed by atoms with Gasteiger partial charge in [-0.1, -0.05) is 36.4 Å². The molecule has 0 amide bonds. The molecule has 21 heavy (non-hydrogen) atoms. The highest BCUT2D eigenvalue weighted by Crippen LogP contribution is 2.12. The van der Waals surface area contributed by atoms with Gasteiger partial charge in [-0.2, -0.15) is 0 Å². The van der Waals surface area contributed by atoms with Gasteiger partial charge in [0.05, 0.1) is 0 Å². The number of nitrogens with zero attached hydrogens (tertiary/aromatic N) is 2. The first-order valence-corrected chi connectivity index (χ1v) is 7.28. The van der Waals surface area contributed by atoms with E-state index >= 15 is 0 Å². The van der Waals surface area contributed by atoms with Crippen molar-refractivity contribution in [2.24, 2.45) is 0 Å². The van der Waals surface area contributed by atoms with Crippen LogP contribution in [0.1, 0.15) is 12.0 Å². The molecule has 0 saturated carbocycles. The maximum atomic E-state index is 4.22. The first-order valence-electron chi connectivity index (χ1n) is 7.28. The fourth-order valence-corrected chi connectivity index (χ4v) is 2.39. The summed E-state index contributed by atoms with van der Waals surface area (Å²) in [5, 5.41) is 0. The number of hydrogen-bond donors (Lipinski definition) is 2. The van der Waals surface area contributed by atoms with Gasteiger partial charge in [0.2, 0.25) is 0 Å². The predicted molar refractivity (Wildman–Crippen MR) is 85.4 cm³/mol. The summed E-state index contributed by atoms with van der Waals surface area (Å²) in [4.78, 5) is 6.67. The smallest absolute Gasteiger partial charge is 0.144 e. The molecular weight excluding hydrogens is 260 g/mol. The molecule has 0 aliphatic carbocycles. The van der Waals surface area contributed by atoms with Crippen molar-refractivity contribution in [3.8, 4) is 0 Å². The molecule has 1 aliphatic rings. The quantitative estimate of drug-likeness (QED) is 0.826. The molecule has 2 heterocycles. The van der Waals surface area contributed by atoms with Crippen molar-refractivity contribution >= 4 is 5.82 Å². The monoisotopic (exact) mass is 280 g/mol. The normalized spacial score (nSPS) is 15.3. The van der Waals surface area contributed by atoms with Gasteiger partial charge in [0.15, 0.2) is 0 Å². The summed E-state index contributed by atoms with van der Waals surface area (Å²) in [6, 6.07) is 16.4. The average Bonchev–Trinajstić information content (AvgIpc) is 2.56. The van der Waals surface area contributed by atoms with Gasteiger partial charge in [-0.05, 0) is 23.8 Å². The van der Waals surface area contributed by atoms with Crippen molar-refractivity contribution < 1.29 is 0 Å². The Kier molecular flexibility index (Phi) is 4.49. The van der Waals surface area contributed by atoms with E-state index in [1.54, 1.807) is 6.20 Å². The highest BCUT2D eigenvalue weighted by molar-refractivity contribution is 5.32. The van der Waals surface area contributed by atoms with E-state index in [2.05, 4.69) is 57.1 Å². The van der Waals surface area contributed by atoms with Crippen LogP contribution < -0.4 is 10.9 Å². The maximum Gasteiger partial charge on any atom is 0.144 e. The highest BCUT2D eigenvalue weighted by atomic mass is 15.4. The molecule has 3 rings (SSSR count). The molecular formula is C17H20N4. The van der Waals surface area contributed by atoms with Crippen LogP contribution in [0.25, 0.3) is 0 Å². The zero-order valence-electron chi connectivity index (χ0n) is 12.0. The zero-order chi connectivity index (χ0) is 14.3. The lowest BCUT2D eigenvalue weighted by molar-refractivity contribution is 0.283. The summed E-state index contributed by atoms with van der Waals surface area (Å²) in [5.74, 6) is 0.838. The third-order valence-electron chi connectivity index (χ3n) is 3.56. The Morgan fingerprint density at radius 1 is 1.00 bits per heavy atom. The van der Waals surface area contributed by atoms with Crippen LogP contribution in [0.4, 0.5) is 5.82 Å². The lowest BCUT2D eigenvalue weighted by Gasteiger charge is -2.27. The van der Waals surface area contributed by atoms with Crippen molar-refractivity contribution in [1.82, 2.24) is 15.3 Å². The van der Waals surface area contributed by atoms with Gasteiger partial charge in [-0.3, -0.25) is 10.3 Å². The van der Waals surface area contributed by atoms with Gasteiger partial charge in [-0.25, -0.2) is 4.98 Å². The second-order valence-electron chi connectivity index (χ2n) is 5.17. The van der Waals surface area contributed by atoms with Crippen LogP contribution in [0, 0.1) is 0 Å². The van der Waals surface area contributed by atoms with Crippen LogP contribution in [0.15, 0.2) is 66.5 Å². The van der Waals surface area contributed by atoms with Gasteiger partial charge >= 0.3 is 0 Å². The Balaban J connectivity index is 1.48. The van der Waals surface area contributed by atoms with Crippen LogP contribution in [-0.2, 0) is 6.54 Å². The van der Waals surface area contributed by atoms with Crippen molar-refractivity contribution in [3.05, 3.63) is 72.1 Å². The fourth-order valence-electron chi connectivity index (χ4n) is 2.39. The minimum Gasteiger partial charge on any atom is -0.304 e. The summed E-state index contributed by atoms with van der Waals surface area (Å²) in [7, 11) is 0. The SMILES string of the molecule is C1=C(NNc2ccccn2)CCN(Cc2ccccc2)C1. The van der Waals surface area contributed by atoms with Gasteiger partial charge in [-0.15, -0.1) is 0 Å². The molecule has 1 aliphatic heterocycles. The number of anilines is 1. The molecule has 0 spiro atoms. The lowest BCUT2D eigenvalue weighted by Crippen LogP contribution is -2.33. The van der Waals surface area contributed by atoms with Crippen molar-refractivity contribution in [1.29, 1.82) is 0 Å². The van der Waals surface area contributed by atoms with Gasteiger partial charge in [0.25, 0.3) is 0 Å². The number of nitrogens with one attached hydrogen (secondary N) is 2. The van der Waals surface area contributed by atoms with Crippen molar-refractivity contribution in [2.45, 2.75) is 13.0 Å². The minimum absolute atomic E-state index is 0.838. The van der Waals surface area contributed by atoms with Crippen molar-refractivity contribution in [3.63, 3.8) is 0 Å². The summed E-state index contributed by atoms with van der Waals surface area (Å²) >= 11 is 0. The molecule has 0 atom stereocenters. The van der Waals surface area contributed by atoms with E-state index < -0.39 is 0 Å². The average molecular weight is 280 g/mol. The lowest BCUT2D eigenvalue weighted by atomic mass is 10.1. The molecule has 0 unspecified atom stereocenters. The molecule has 0 bridgehead atoms. The second kappa shape index (κ2) is 6.90. The molecule has 2 N–H and O–H groups in total. The fraction of sp³-hybridized carbons (Fsp3) is 0.235. The minimum atomic E-state index is 0.838. The summed E-state index contributed by atoms with van der Waals surface area (Å²) < 4.78 is 0. The maximum absolute atomic E-state index is 4.22. The van der Waals surface area contributed by atoms with Crippen LogP contribution in [0.2, 0.25) is 0 Å². The van der Waals surface area contributed by atoms with E-state index in [0.717, 1.165) is 31.9 Å². The van der Waals surface area contributed by atoms with Gasteiger partial charge < -0.3 is 5.43 Å². The molecule has 0 radical (unpaired) electrons. The van der Waals surface area contributed by atoms with Crippen LogP contribution >= 0.6 is 0 Å². The Morgan fingerprint density at radius 2 is 1.86 bits per heavy atom. The van der Waals surface area contributed by atoms with Crippen LogP contribution in [-0.4, -0.2) is 23.0 Å². The van der Waals surface area contributed by atoms with E-state index in [0.29, 0.717) is 0 Å². The number of aromatic nitrogens is 1. The third kappa shape index (κ3) is 4.07. The van der Waals surface area contributed by atoms with Crippen LogP contribution in [0.3, 0.4) is 0 Å². The number of pyridine rings is 1. The van der Waals surface area contributed by atoms with E-state index in [4.69, 9.17) is 0 Å². The van der Waals surface area contributed by atoms with Crippen molar-refractivity contribution in [2.75, 3.05) is 18.5 Å². The molecule has 1 aromatic heterocycles. The van der Waals surface area contributed by atoms with E-state index in [9.17, 15) is 0 Å². The second-order valence-corrected chi connectivity index (χ2v) is 5.17. The first-order chi connectivity index (χ1) is 10.4. The Labute approximate surface area is 125 Å². The Morgan fingerprint density at radius 3 is 2.57 bits per heavy atom. The van der Waals surface area contributed by atoms with E-state index in [1.165, 1.54) is 11.3 Å². The molecule has 2 aromatic rings. The topological polar surface area (TPSA) is 40.2 Å². The molecule has 0 saturated heterocycles. The Bertz CT molecular complexity index is 580. The standard InChI is InChI=1S/C17H20N4/c1-2-6-15(7-3-1)14-21-12-9-16(10-13-21)19-20-17-8-4-5-11-18-17/h1-9,11,19H,10,12-14H2,(H,18,20). The third-order valence-corrected chi connectivity index (χ3v) is 3.56. The Hall–Kier alpha value is -2.33. The molecule has 0 fully saturated rings. The van der Waals surface area contributed by atoms with Gasteiger partial charge in [0, 0.05) is 37.9 Å². The molecule has 4 nitrogen and oxygen atoms in total. The first kappa shape index (κ1) is 13.6. The number of rotatable bonds is 5. The van der Waals surface area contributed by atoms with E-state index in [1.807, 2.05) is 18.2 Å². The largest absolute Gasteiger partial charge is 0.304 e. The van der Waals surface area contributed by atoms with Gasteiger partial charge in [0.1, 0.15) is 5.82 Å². The summed E-state index contributed by atoms with van der Waals surface area (Å²) in [5.41, 5.74) is 8.97. The molecule has 1 aromatic carbocycles. The van der Waals surface area contributed by atoms with E-state index in [-0.39, 0.29) is 0 Å². The molecule has 4 heteroatoms. The number of hydrogen-bond acceptors (Lipinski definition) is 4. The predicted octanol–water partition coefficient (Wildman–Crippen LogP) is 2.79. The summed E-state index contributed by atoms with van der Waals surface area (Å²) in [6.07, 6.45) is 5.04. The number of benzene rings is 1. The number of hydrazine groups is 1. The summed E-state index contributed by atoms with van der Waals surface area (Å²) in [6.45, 7) is 3.05.